The van der Waals surface area contributed by atoms with Crippen LogP contribution >= 0.6 is 27.5 Å². The van der Waals surface area contributed by atoms with Crippen LogP contribution in [0, 0.1) is 0 Å². The van der Waals surface area contributed by atoms with Crippen molar-refractivity contribution in [2.24, 2.45) is 0 Å². The van der Waals surface area contributed by atoms with Crippen molar-refractivity contribution >= 4 is 39.3 Å². The zero-order valence-electron chi connectivity index (χ0n) is 9.85. The summed E-state index contributed by atoms with van der Waals surface area (Å²) >= 11 is 8.93. The molecule has 0 aliphatic carbocycles. The van der Waals surface area contributed by atoms with Gasteiger partial charge in [-0.15, -0.1) is 0 Å². The molecule has 1 aromatic carbocycles. The van der Waals surface area contributed by atoms with E-state index in [4.69, 9.17) is 16.3 Å². The Labute approximate surface area is 123 Å². The maximum atomic E-state index is 12.1. The van der Waals surface area contributed by atoms with Gasteiger partial charge in [-0.25, -0.2) is 9.97 Å². The number of amides is 1. The van der Waals surface area contributed by atoms with Gasteiger partial charge in [0.15, 0.2) is 5.82 Å². The molecule has 0 aliphatic rings. The Balaban J connectivity index is 2.22. The largest absolute Gasteiger partial charge is 0.497 e. The second-order valence-corrected chi connectivity index (χ2v) is 4.77. The average Bonchev–Trinajstić information content (AvgIpc) is 2.42. The molecular weight excluding hydrogens is 334 g/mol. The van der Waals surface area contributed by atoms with Crippen LogP contribution in [0.1, 0.15) is 10.4 Å². The molecule has 0 aliphatic heterocycles. The van der Waals surface area contributed by atoms with E-state index in [1.54, 1.807) is 18.2 Å². The van der Waals surface area contributed by atoms with E-state index in [9.17, 15) is 4.79 Å². The second-order valence-electron chi connectivity index (χ2n) is 3.52. The van der Waals surface area contributed by atoms with E-state index in [0.717, 1.165) is 0 Å². The first-order valence-corrected chi connectivity index (χ1v) is 6.39. The van der Waals surface area contributed by atoms with Gasteiger partial charge in [0, 0.05) is 4.47 Å². The first-order valence-electron chi connectivity index (χ1n) is 5.22. The summed E-state index contributed by atoms with van der Waals surface area (Å²) in [6, 6.07) is 5.12. The van der Waals surface area contributed by atoms with Gasteiger partial charge in [-0.05, 0) is 34.1 Å². The molecule has 2 rings (SSSR count). The molecule has 1 amide bonds. The van der Waals surface area contributed by atoms with Crippen molar-refractivity contribution in [1.82, 2.24) is 9.97 Å². The summed E-state index contributed by atoms with van der Waals surface area (Å²) in [7, 11) is 1.54. The number of anilines is 1. The SMILES string of the molecule is COc1ccc(Br)c(C(=O)Nc2cnc(Cl)cn2)c1. The summed E-state index contributed by atoms with van der Waals surface area (Å²) in [5.41, 5.74) is 0.441. The minimum absolute atomic E-state index is 0.264. The smallest absolute Gasteiger partial charge is 0.258 e. The van der Waals surface area contributed by atoms with E-state index in [1.807, 2.05) is 0 Å². The van der Waals surface area contributed by atoms with Gasteiger partial charge in [-0.3, -0.25) is 4.79 Å². The van der Waals surface area contributed by atoms with Crippen molar-refractivity contribution in [3.8, 4) is 5.75 Å². The van der Waals surface area contributed by atoms with Crippen molar-refractivity contribution < 1.29 is 9.53 Å². The molecule has 2 aromatic rings. The highest BCUT2D eigenvalue weighted by molar-refractivity contribution is 9.10. The molecule has 0 saturated carbocycles. The van der Waals surface area contributed by atoms with Gasteiger partial charge in [-0.2, -0.15) is 0 Å². The molecule has 0 unspecified atom stereocenters. The van der Waals surface area contributed by atoms with Gasteiger partial charge >= 0.3 is 0 Å². The third-order valence-corrected chi connectivity index (χ3v) is 3.17. The number of hydrogen-bond acceptors (Lipinski definition) is 4. The van der Waals surface area contributed by atoms with Crippen LogP contribution in [0.3, 0.4) is 0 Å². The maximum Gasteiger partial charge on any atom is 0.258 e. The minimum atomic E-state index is -0.317. The first-order chi connectivity index (χ1) is 9.10. The summed E-state index contributed by atoms with van der Waals surface area (Å²) in [6.45, 7) is 0. The van der Waals surface area contributed by atoms with Gasteiger partial charge in [0.25, 0.3) is 5.91 Å². The van der Waals surface area contributed by atoms with Gasteiger partial charge < -0.3 is 10.1 Å². The molecule has 0 spiro atoms. The minimum Gasteiger partial charge on any atom is -0.497 e. The number of ether oxygens (including phenoxy) is 1. The average molecular weight is 343 g/mol. The predicted octanol–water partition coefficient (Wildman–Crippen LogP) is 3.15. The van der Waals surface area contributed by atoms with Crippen molar-refractivity contribution in [3.63, 3.8) is 0 Å². The molecule has 5 nitrogen and oxygen atoms in total. The van der Waals surface area contributed by atoms with Crippen LogP contribution < -0.4 is 10.1 Å². The van der Waals surface area contributed by atoms with E-state index >= 15 is 0 Å². The van der Waals surface area contributed by atoms with Gasteiger partial charge in [0.05, 0.1) is 25.1 Å². The lowest BCUT2D eigenvalue weighted by molar-refractivity contribution is 0.102. The predicted molar refractivity (Wildman–Crippen MR) is 75.7 cm³/mol. The molecule has 0 atom stereocenters. The number of halogens is 2. The standard InChI is InChI=1S/C12H9BrClN3O2/c1-19-7-2-3-9(13)8(4-7)12(18)17-11-6-15-10(14)5-16-11/h2-6H,1H3,(H,16,17,18). The zero-order chi connectivity index (χ0) is 13.8. The van der Waals surface area contributed by atoms with Gasteiger partial charge in [-0.1, -0.05) is 11.6 Å². The topological polar surface area (TPSA) is 64.1 Å². The highest BCUT2D eigenvalue weighted by Crippen LogP contribution is 2.23. The summed E-state index contributed by atoms with van der Waals surface area (Å²) in [4.78, 5) is 19.9. The van der Waals surface area contributed by atoms with Crippen LogP contribution in [0.2, 0.25) is 5.15 Å². The number of benzene rings is 1. The number of methoxy groups -OCH3 is 1. The van der Waals surface area contributed by atoms with Crippen LogP contribution in [-0.4, -0.2) is 23.0 Å². The van der Waals surface area contributed by atoms with Crippen LogP contribution in [0.4, 0.5) is 5.82 Å². The molecule has 1 heterocycles. The Kier molecular flexibility index (Phi) is 4.34. The van der Waals surface area contributed by atoms with E-state index in [0.29, 0.717) is 21.6 Å². The van der Waals surface area contributed by atoms with Crippen LogP contribution in [-0.2, 0) is 0 Å². The number of aromatic nitrogens is 2. The molecular formula is C12H9BrClN3O2. The number of carbonyl (C=O) groups is 1. The van der Waals surface area contributed by atoms with E-state index in [-0.39, 0.29) is 11.1 Å². The van der Waals surface area contributed by atoms with Crippen LogP contribution in [0.5, 0.6) is 5.75 Å². The summed E-state index contributed by atoms with van der Waals surface area (Å²) in [5.74, 6) is 0.599. The van der Waals surface area contributed by atoms with E-state index in [2.05, 4.69) is 31.2 Å². The van der Waals surface area contributed by atoms with Crippen molar-refractivity contribution in [3.05, 3.63) is 45.8 Å². The molecule has 1 N–H and O–H groups in total. The normalized spacial score (nSPS) is 10.1. The molecule has 0 saturated heterocycles. The first kappa shape index (κ1) is 13.8. The molecule has 98 valence electrons. The number of nitrogens with one attached hydrogen (secondary N) is 1. The molecule has 0 radical (unpaired) electrons. The Morgan fingerprint density at radius 3 is 2.79 bits per heavy atom. The number of rotatable bonds is 3. The Morgan fingerprint density at radius 1 is 1.37 bits per heavy atom. The maximum absolute atomic E-state index is 12.1. The fourth-order valence-corrected chi connectivity index (χ4v) is 1.89. The fourth-order valence-electron chi connectivity index (χ4n) is 1.37. The Hall–Kier alpha value is -1.66. The van der Waals surface area contributed by atoms with E-state index in [1.165, 1.54) is 19.5 Å². The second kappa shape index (κ2) is 5.99. The molecule has 0 fully saturated rings. The lowest BCUT2D eigenvalue weighted by Crippen LogP contribution is -2.13. The molecule has 0 bridgehead atoms. The monoisotopic (exact) mass is 341 g/mol. The Bertz CT molecular complexity index is 604. The molecule has 19 heavy (non-hydrogen) atoms. The lowest BCUT2D eigenvalue weighted by Gasteiger charge is -2.07. The van der Waals surface area contributed by atoms with Crippen LogP contribution in [0.25, 0.3) is 0 Å². The van der Waals surface area contributed by atoms with Crippen molar-refractivity contribution in [1.29, 1.82) is 0 Å². The van der Waals surface area contributed by atoms with Gasteiger partial charge in [0.2, 0.25) is 0 Å². The zero-order valence-corrected chi connectivity index (χ0v) is 12.2. The highest BCUT2D eigenvalue weighted by Gasteiger charge is 2.12. The quantitative estimate of drug-likeness (QED) is 0.930. The summed E-state index contributed by atoms with van der Waals surface area (Å²) < 4.78 is 5.74. The molecule has 1 aromatic heterocycles. The van der Waals surface area contributed by atoms with Crippen molar-refractivity contribution in [2.75, 3.05) is 12.4 Å². The number of hydrogen-bond donors (Lipinski definition) is 1. The number of carbonyl (C=O) groups excluding carboxylic acids is 1. The van der Waals surface area contributed by atoms with Crippen LogP contribution in [0.15, 0.2) is 35.1 Å². The third-order valence-electron chi connectivity index (χ3n) is 2.28. The Morgan fingerprint density at radius 2 is 2.16 bits per heavy atom. The summed E-state index contributed by atoms with van der Waals surface area (Å²) in [6.07, 6.45) is 2.74. The van der Waals surface area contributed by atoms with Gasteiger partial charge in [0.1, 0.15) is 10.9 Å². The molecule has 7 heteroatoms. The number of nitrogens with zero attached hydrogens (tertiary/aromatic N) is 2. The lowest BCUT2D eigenvalue weighted by atomic mass is 10.2. The van der Waals surface area contributed by atoms with Crippen molar-refractivity contribution in [2.45, 2.75) is 0 Å². The third kappa shape index (κ3) is 3.42. The fraction of sp³-hybridized carbons (Fsp3) is 0.0833. The van der Waals surface area contributed by atoms with E-state index < -0.39 is 0 Å². The highest BCUT2D eigenvalue weighted by atomic mass is 79.9. The summed E-state index contributed by atoms with van der Waals surface area (Å²) in [5, 5.41) is 2.89.